The molecule has 30 heavy (non-hydrogen) atoms. The van der Waals surface area contributed by atoms with Crippen molar-refractivity contribution in [3.05, 3.63) is 53.6 Å². The molecule has 2 aromatic carbocycles. The summed E-state index contributed by atoms with van der Waals surface area (Å²) < 4.78 is 5.83. The van der Waals surface area contributed by atoms with Crippen LogP contribution < -0.4 is 15.4 Å². The molecule has 2 aromatic rings. The standard InChI is InChI=1S/C24H29N3O3/c1-2-30-23-12-9-20(19-7-3-17(14-25)4-8-19)13-21(23)16-26-22-10-5-18(6-11-22)15-27-24(28)29/h3-4,7-9,12-13,18,22,26-27H,2,5-6,10-11,15-16H2,1H3,(H,28,29). The van der Waals surface area contributed by atoms with Crippen LogP contribution in [-0.4, -0.2) is 30.4 Å². The zero-order valence-electron chi connectivity index (χ0n) is 17.4. The fraction of sp³-hybridized carbons (Fsp3) is 0.417. The first-order valence-electron chi connectivity index (χ1n) is 10.6. The van der Waals surface area contributed by atoms with Crippen molar-refractivity contribution in [3.63, 3.8) is 0 Å². The molecule has 1 aliphatic rings. The van der Waals surface area contributed by atoms with Gasteiger partial charge in [0, 0.05) is 24.7 Å². The predicted octanol–water partition coefficient (Wildman–Crippen LogP) is 4.54. The van der Waals surface area contributed by atoms with Crippen LogP contribution in [0, 0.1) is 17.2 Å². The third-order valence-electron chi connectivity index (χ3n) is 5.68. The van der Waals surface area contributed by atoms with Crippen molar-refractivity contribution < 1.29 is 14.6 Å². The Hall–Kier alpha value is -3.04. The second-order valence-corrected chi connectivity index (χ2v) is 7.73. The maximum absolute atomic E-state index is 10.7. The van der Waals surface area contributed by atoms with Gasteiger partial charge in [0.25, 0.3) is 0 Å². The number of carboxylic acid groups (broad SMARTS) is 1. The third-order valence-corrected chi connectivity index (χ3v) is 5.68. The van der Waals surface area contributed by atoms with Crippen molar-refractivity contribution in [2.75, 3.05) is 13.2 Å². The Kier molecular flexibility index (Phi) is 7.69. The normalized spacial score (nSPS) is 18.4. The third kappa shape index (κ3) is 5.98. The lowest BCUT2D eigenvalue weighted by Crippen LogP contribution is -2.36. The second-order valence-electron chi connectivity index (χ2n) is 7.73. The molecule has 6 heteroatoms. The van der Waals surface area contributed by atoms with E-state index in [1.165, 1.54) is 0 Å². The Morgan fingerprint density at radius 3 is 2.47 bits per heavy atom. The Labute approximate surface area is 177 Å². The lowest BCUT2D eigenvalue weighted by atomic mass is 9.86. The average molecular weight is 408 g/mol. The fourth-order valence-electron chi connectivity index (χ4n) is 3.99. The van der Waals surface area contributed by atoms with Gasteiger partial charge in [0.05, 0.1) is 18.2 Å². The minimum atomic E-state index is -0.944. The van der Waals surface area contributed by atoms with E-state index in [-0.39, 0.29) is 0 Å². The monoisotopic (exact) mass is 407 g/mol. The van der Waals surface area contributed by atoms with Gasteiger partial charge in [0.2, 0.25) is 0 Å². The molecule has 0 unspecified atom stereocenters. The van der Waals surface area contributed by atoms with Gasteiger partial charge in [-0.25, -0.2) is 4.79 Å². The van der Waals surface area contributed by atoms with E-state index in [0.717, 1.165) is 54.7 Å². The van der Waals surface area contributed by atoms with E-state index in [0.29, 0.717) is 30.7 Å². The SMILES string of the molecule is CCOc1ccc(-c2ccc(C#N)cc2)cc1CNC1CCC(CNC(=O)O)CC1. The Balaban J connectivity index is 1.62. The Bertz CT molecular complexity index is 882. The van der Waals surface area contributed by atoms with Gasteiger partial charge in [-0.3, -0.25) is 0 Å². The van der Waals surface area contributed by atoms with Crippen LogP contribution >= 0.6 is 0 Å². The molecule has 0 atom stereocenters. The molecule has 0 heterocycles. The Morgan fingerprint density at radius 1 is 1.13 bits per heavy atom. The summed E-state index contributed by atoms with van der Waals surface area (Å²) in [7, 11) is 0. The van der Waals surface area contributed by atoms with Gasteiger partial charge in [-0.2, -0.15) is 5.26 Å². The van der Waals surface area contributed by atoms with Crippen LogP contribution in [0.3, 0.4) is 0 Å². The fourth-order valence-corrected chi connectivity index (χ4v) is 3.99. The van der Waals surface area contributed by atoms with E-state index in [1.54, 1.807) is 0 Å². The number of nitrogens with one attached hydrogen (secondary N) is 2. The summed E-state index contributed by atoms with van der Waals surface area (Å²) in [6.45, 7) is 3.87. The van der Waals surface area contributed by atoms with Crippen molar-refractivity contribution in [1.82, 2.24) is 10.6 Å². The number of carbonyl (C=O) groups is 1. The van der Waals surface area contributed by atoms with E-state index in [9.17, 15) is 4.79 Å². The average Bonchev–Trinajstić information content (AvgIpc) is 2.78. The summed E-state index contributed by atoms with van der Waals surface area (Å²) in [5.41, 5.74) is 3.95. The maximum atomic E-state index is 10.7. The molecular formula is C24H29N3O3. The zero-order chi connectivity index (χ0) is 21.3. The number of rotatable bonds is 8. The van der Waals surface area contributed by atoms with Gasteiger partial charge in [-0.05, 0) is 73.9 Å². The van der Waals surface area contributed by atoms with Crippen molar-refractivity contribution in [1.29, 1.82) is 5.26 Å². The zero-order valence-corrected chi connectivity index (χ0v) is 17.4. The molecule has 3 rings (SSSR count). The topological polar surface area (TPSA) is 94.4 Å². The number of ether oxygens (including phenoxy) is 1. The van der Waals surface area contributed by atoms with E-state index in [1.807, 2.05) is 37.3 Å². The van der Waals surface area contributed by atoms with Crippen LogP contribution in [0.4, 0.5) is 4.79 Å². The predicted molar refractivity (Wildman–Crippen MR) is 116 cm³/mol. The van der Waals surface area contributed by atoms with Gasteiger partial charge in [0.15, 0.2) is 0 Å². The summed E-state index contributed by atoms with van der Waals surface area (Å²) in [5.74, 6) is 1.32. The largest absolute Gasteiger partial charge is 0.494 e. The van der Waals surface area contributed by atoms with Crippen LogP contribution in [0.1, 0.15) is 43.7 Å². The van der Waals surface area contributed by atoms with Crippen molar-refractivity contribution in [2.45, 2.75) is 45.2 Å². The number of nitriles is 1. The molecule has 3 N–H and O–H groups in total. The second kappa shape index (κ2) is 10.7. The quantitative estimate of drug-likeness (QED) is 0.597. The molecule has 0 aliphatic heterocycles. The smallest absolute Gasteiger partial charge is 0.404 e. The van der Waals surface area contributed by atoms with E-state index in [4.69, 9.17) is 15.1 Å². The van der Waals surface area contributed by atoms with Crippen molar-refractivity contribution in [2.24, 2.45) is 5.92 Å². The number of hydrogen-bond acceptors (Lipinski definition) is 4. The summed E-state index contributed by atoms with van der Waals surface area (Å²) in [6.07, 6.45) is 3.21. The van der Waals surface area contributed by atoms with Crippen LogP contribution in [0.15, 0.2) is 42.5 Å². The highest BCUT2D eigenvalue weighted by atomic mass is 16.5. The molecule has 0 saturated heterocycles. The molecule has 1 amide bonds. The minimum absolute atomic E-state index is 0.429. The van der Waals surface area contributed by atoms with E-state index >= 15 is 0 Å². The Morgan fingerprint density at radius 2 is 1.83 bits per heavy atom. The number of benzene rings is 2. The highest BCUT2D eigenvalue weighted by molar-refractivity contribution is 5.66. The lowest BCUT2D eigenvalue weighted by molar-refractivity contribution is 0.189. The highest BCUT2D eigenvalue weighted by Crippen LogP contribution is 2.29. The van der Waals surface area contributed by atoms with Gasteiger partial charge in [-0.15, -0.1) is 0 Å². The number of hydrogen-bond donors (Lipinski definition) is 3. The maximum Gasteiger partial charge on any atom is 0.404 e. The van der Waals surface area contributed by atoms with Gasteiger partial charge >= 0.3 is 6.09 Å². The summed E-state index contributed by atoms with van der Waals surface area (Å²) in [4.78, 5) is 10.7. The van der Waals surface area contributed by atoms with Crippen molar-refractivity contribution >= 4 is 6.09 Å². The number of amides is 1. The summed E-state index contributed by atoms with van der Waals surface area (Å²) in [5, 5.41) is 23.9. The summed E-state index contributed by atoms with van der Waals surface area (Å²) >= 11 is 0. The molecule has 0 bridgehead atoms. The molecule has 158 valence electrons. The van der Waals surface area contributed by atoms with Crippen molar-refractivity contribution in [3.8, 4) is 22.9 Å². The van der Waals surface area contributed by atoms with E-state index < -0.39 is 6.09 Å². The first-order chi connectivity index (χ1) is 14.6. The molecule has 0 radical (unpaired) electrons. The summed E-state index contributed by atoms with van der Waals surface area (Å²) in [6, 6.07) is 16.4. The van der Waals surface area contributed by atoms with E-state index in [2.05, 4.69) is 28.8 Å². The van der Waals surface area contributed by atoms with Gasteiger partial charge in [0.1, 0.15) is 5.75 Å². The first-order valence-corrected chi connectivity index (χ1v) is 10.6. The van der Waals surface area contributed by atoms with Crippen LogP contribution in [0.2, 0.25) is 0 Å². The van der Waals surface area contributed by atoms with Crippen LogP contribution in [-0.2, 0) is 6.54 Å². The van der Waals surface area contributed by atoms with Gasteiger partial charge in [-0.1, -0.05) is 18.2 Å². The van der Waals surface area contributed by atoms with Gasteiger partial charge < -0.3 is 20.5 Å². The first kappa shape index (κ1) is 21.7. The number of nitrogens with zero attached hydrogens (tertiary/aromatic N) is 1. The van der Waals surface area contributed by atoms with Crippen LogP contribution in [0.5, 0.6) is 5.75 Å². The minimum Gasteiger partial charge on any atom is -0.494 e. The molecule has 1 aliphatic carbocycles. The highest BCUT2D eigenvalue weighted by Gasteiger charge is 2.21. The lowest BCUT2D eigenvalue weighted by Gasteiger charge is -2.29. The molecule has 6 nitrogen and oxygen atoms in total. The van der Waals surface area contributed by atoms with Crippen LogP contribution in [0.25, 0.3) is 11.1 Å². The molecule has 0 aromatic heterocycles. The molecule has 0 spiro atoms. The molecular weight excluding hydrogens is 378 g/mol. The molecule has 1 saturated carbocycles. The molecule has 1 fully saturated rings.